The SMILES string of the molecule is CNC(=O)C(C)(C)CNc1cc(C)nc(Cl)n1. The second-order valence-electron chi connectivity index (χ2n) is 4.48. The number of aromatic nitrogens is 2. The average molecular weight is 257 g/mol. The zero-order chi connectivity index (χ0) is 13.1. The van der Waals surface area contributed by atoms with Crippen LogP contribution in [0.25, 0.3) is 0 Å². The third-order valence-corrected chi connectivity index (χ3v) is 2.55. The number of hydrogen-bond acceptors (Lipinski definition) is 4. The van der Waals surface area contributed by atoms with Gasteiger partial charge in [-0.05, 0) is 32.4 Å². The van der Waals surface area contributed by atoms with Crippen LogP contribution in [0.1, 0.15) is 19.5 Å². The van der Waals surface area contributed by atoms with E-state index in [9.17, 15) is 4.79 Å². The molecule has 1 rings (SSSR count). The number of anilines is 1. The van der Waals surface area contributed by atoms with Crippen molar-refractivity contribution in [3.05, 3.63) is 17.0 Å². The zero-order valence-electron chi connectivity index (χ0n) is 10.5. The lowest BCUT2D eigenvalue weighted by Gasteiger charge is -2.23. The van der Waals surface area contributed by atoms with Crippen molar-refractivity contribution in [3.8, 4) is 0 Å². The largest absolute Gasteiger partial charge is 0.369 e. The molecule has 0 aromatic carbocycles. The highest BCUT2D eigenvalue weighted by molar-refractivity contribution is 6.28. The molecule has 0 aliphatic heterocycles. The number of carbonyl (C=O) groups excluding carboxylic acids is 1. The standard InChI is InChI=1S/C11H17ClN4O/c1-7-5-8(16-10(12)15-7)14-6-11(2,3)9(17)13-4/h5H,6H2,1-4H3,(H,13,17)(H,14,15,16). The van der Waals surface area contributed by atoms with Crippen LogP contribution in [-0.2, 0) is 4.79 Å². The van der Waals surface area contributed by atoms with E-state index < -0.39 is 5.41 Å². The molecule has 0 atom stereocenters. The van der Waals surface area contributed by atoms with Gasteiger partial charge in [-0.2, -0.15) is 0 Å². The van der Waals surface area contributed by atoms with Gasteiger partial charge in [-0.3, -0.25) is 4.79 Å². The molecule has 0 spiro atoms. The van der Waals surface area contributed by atoms with E-state index in [0.29, 0.717) is 12.4 Å². The Morgan fingerprint density at radius 2 is 2.12 bits per heavy atom. The maximum absolute atomic E-state index is 11.6. The molecule has 2 N–H and O–H groups in total. The summed E-state index contributed by atoms with van der Waals surface area (Å²) < 4.78 is 0. The third kappa shape index (κ3) is 3.85. The molecule has 5 nitrogen and oxygen atoms in total. The topological polar surface area (TPSA) is 66.9 Å². The summed E-state index contributed by atoms with van der Waals surface area (Å²) in [5.74, 6) is 0.598. The van der Waals surface area contributed by atoms with Crippen LogP contribution in [0.15, 0.2) is 6.07 Å². The quantitative estimate of drug-likeness (QED) is 0.804. The first-order valence-corrected chi connectivity index (χ1v) is 5.70. The van der Waals surface area contributed by atoms with Crippen molar-refractivity contribution in [2.75, 3.05) is 18.9 Å². The van der Waals surface area contributed by atoms with Crippen molar-refractivity contribution < 1.29 is 4.79 Å². The molecule has 6 heteroatoms. The molecular weight excluding hydrogens is 240 g/mol. The first-order chi connectivity index (χ1) is 7.85. The lowest BCUT2D eigenvalue weighted by Crippen LogP contribution is -2.39. The number of nitrogens with zero attached hydrogens (tertiary/aromatic N) is 2. The molecule has 0 unspecified atom stereocenters. The van der Waals surface area contributed by atoms with Crippen molar-refractivity contribution in [2.45, 2.75) is 20.8 Å². The Hall–Kier alpha value is -1.36. The van der Waals surface area contributed by atoms with E-state index in [1.54, 1.807) is 13.1 Å². The third-order valence-electron chi connectivity index (χ3n) is 2.38. The summed E-state index contributed by atoms with van der Waals surface area (Å²) in [5, 5.41) is 5.91. The first-order valence-electron chi connectivity index (χ1n) is 5.32. The van der Waals surface area contributed by atoms with Gasteiger partial charge in [-0.15, -0.1) is 0 Å². The van der Waals surface area contributed by atoms with Gasteiger partial charge in [0.1, 0.15) is 5.82 Å². The number of hydrogen-bond donors (Lipinski definition) is 2. The second-order valence-corrected chi connectivity index (χ2v) is 4.82. The number of rotatable bonds is 4. The molecule has 0 bridgehead atoms. The fourth-order valence-electron chi connectivity index (χ4n) is 1.35. The van der Waals surface area contributed by atoms with Crippen LogP contribution in [0.4, 0.5) is 5.82 Å². The lowest BCUT2D eigenvalue weighted by atomic mass is 9.92. The molecule has 0 aliphatic carbocycles. The normalized spacial score (nSPS) is 11.1. The van der Waals surface area contributed by atoms with Crippen LogP contribution in [0.3, 0.4) is 0 Å². The van der Waals surface area contributed by atoms with E-state index in [1.807, 2.05) is 20.8 Å². The second kappa shape index (κ2) is 5.31. The first kappa shape index (κ1) is 13.7. The number of carbonyl (C=O) groups is 1. The Morgan fingerprint density at radius 1 is 1.47 bits per heavy atom. The fraction of sp³-hybridized carbons (Fsp3) is 0.545. The van der Waals surface area contributed by atoms with Gasteiger partial charge in [0.25, 0.3) is 0 Å². The van der Waals surface area contributed by atoms with Gasteiger partial charge >= 0.3 is 0 Å². The van der Waals surface area contributed by atoms with Crippen LogP contribution < -0.4 is 10.6 Å². The van der Waals surface area contributed by atoms with Gasteiger partial charge in [-0.1, -0.05) is 0 Å². The van der Waals surface area contributed by atoms with Crippen LogP contribution >= 0.6 is 11.6 Å². The predicted molar refractivity (Wildman–Crippen MR) is 68.1 cm³/mol. The molecule has 0 fully saturated rings. The molecule has 94 valence electrons. The van der Waals surface area contributed by atoms with E-state index >= 15 is 0 Å². The molecule has 0 saturated carbocycles. The summed E-state index contributed by atoms with van der Waals surface area (Å²) in [6.45, 7) is 6.02. The molecule has 1 aromatic rings. The van der Waals surface area contributed by atoms with E-state index in [4.69, 9.17) is 11.6 Å². The van der Waals surface area contributed by atoms with E-state index in [2.05, 4.69) is 20.6 Å². The maximum atomic E-state index is 11.6. The summed E-state index contributed by atoms with van der Waals surface area (Å²) >= 11 is 5.75. The van der Waals surface area contributed by atoms with E-state index in [-0.39, 0.29) is 11.2 Å². The van der Waals surface area contributed by atoms with Crippen LogP contribution in [0, 0.1) is 12.3 Å². The number of nitrogens with one attached hydrogen (secondary N) is 2. The highest BCUT2D eigenvalue weighted by Crippen LogP contribution is 2.17. The molecule has 0 aliphatic rings. The van der Waals surface area contributed by atoms with Crippen molar-refractivity contribution in [3.63, 3.8) is 0 Å². The molecule has 0 radical (unpaired) electrons. The Bertz CT molecular complexity index is 400. The van der Waals surface area contributed by atoms with Crippen molar-refractivity contribution in [1.82, 2.24) is 15.3 Å². The van der Waals surface area contributed by atoms with Crippen molar-refractivity contribution in [2.24, 2.45) is 5.41 Å². The Morgan fingerprint density at radius 3 is 2.65 bits per heavy atom. The molecule has 1 heterocycles. The van der Waals surface area contributed by atoms with Gasteiger partial charge in [0.05, 0.1) is 5.41 Å². The van der Waals surface area contributed by atoms with Gasteiger partial charge in [0, 0.05) is 25.4 Å². The number of amides is 1. The summed E-state index contributed by atoms with van der Waals surface area (Å²) in [5.41, 5.74) is 0.269. The lowest BCUT2D eigenvalue weighted by molar-refractivity contribution is -0.128. The van der Waals surface area contributed by atoms with E-state index in [1.165, 1.54) is 0 Å². The van der Waals surface area contributed by atoms with E-state index in [0.717, 1.165) is 5.69 Å². The predicted octanol–water partition coefficient (Wildman–Crippen LogP) is 1.62. The molecular formula is C11H17ClN4O. The van der Waals surface area contributed by atoms with Gasteiger partial charge in [0.2, 0.25) is 11.2 Å². The highest BCUT2D eigenvalue weighted by atomic mass is 35.5. The Balaban J connectivity index is 2.70. The Labute approximate surface area is 106 Å². The fourth-order valence-corrected chi connectivity index (χ4v) is 1.58. The van der Waals surface area contributed by atoms with Gasteiger partial charge in [-0.25, -0.2) is 9.97 Å². The van der Waals surface area contributed by atoms with Crippen LogP contribution in [-0.4, -0.2) is 29.5 Å². The molecule has 1 amide bonds. The minimum Gasteiger partial charge on any atom is -0.369 e. The summed E-state index contributed by atoms with van der Waals surface area (Å²) in [4.78, 5) is 19.6. The highest BCUT2D eigenvalue weighted by Gasteiger charge is 2.26. The van der Waals surface area contributed by atoms with Crippen LogP contribution in [0.2, 0.25) is 5.28 Å². The number of aryl methyl sites for hydroxylation is 1. The minimum absolute atomic E-state index is 0.0260. The molecule has 0 saturated heterocycles. The molecule has 1 aromatic heterocycles. The summed E-state index contributed by atoms with van der Waals surface area (Å²) in [6.07, 6.45) is 0. The number of halogens is 1. The Kier molecular flexibility index (Phi) is 4.28. The maximum Gasteiger partial charge on any atom is 0.227 e. The monoisotopic (exact) mass is 256 g/mol. The van der Waals surface area contributed by atoms with Gasteiger partial charge < -0.3 is 10.6 Å². The van der Waals surface area contributed by atoms with Gasteiger partial charge in [0.15, 0.2) is 0 Å². The smallest absolute Gasteiger partial charge is 0.227 e. The van der Waals surface area contributed by atoms with Crippen molar-refractivity contribution in [1.29, 1.82) is 0 Å². The summed E-state index contributed by atoms with van der Waals surface area (Å²) in [7, 11) is 1.62. The summed E-state index contributed by atoms with van der Waals surface area (Å²) in [6, 6.07) is 1.78. The van der Waals surface area contributed by atoms with Crippen LogP contribution in [0.5, 0.6) is 0 Å². The average Bonchev–Trinajstić information content (AvgIpc) is 2.24. The minimum atomic E-state index is -0.514. The molecule has 17 heavy (non-hydrogen) atoms. The zero-order valence-corrected chi connectivity index (χ0v) is 11.2. The van der Waals surface area contributed by atoms with Crippen molar-refractivity contribution >= 4 is 23.3 Å².